The first-order valence-electron chi connectivity index (χ1n) is 1.14. The van der Waals surface area contributed by atoms with Crippen molar-refractivity contribution in [1.82, 2.24) is 0 Å². The first-order chi connectivity index (χ1) is 1.91. The van der Waals surface area contributed by atoms with Gasteiger partial charge in [0.1, 0.15) is 0 Å². The van der Waals surface area contributed by atoms with E-state index in [2.05, 4.69) is 6.92 Å². The Kier molecular flexibility index (Phi) is 31.1. The molecule has 0 radical (unpaired) electrons. The molecule has 0 aromatic heterocycles. The second-order valence-corrected chi connectivity index (χ2v) is 0.455. The molecular formula is C3H5ORf-. The van der Waals surface area contributed by atoms with Crippen LogP contribution in [0.2, 0.25) is 0 Å². The summed E-state index contributed by atoms with van der Waals surface area (Å²) in [6.07, 6.45) is 1.15. The minimum Gasteiger partial charge on any atom is -0.337 e. The zero-order valence-corrected chi connectivity index (χ0v) is 9.51. The fraction of sp³-hybridized carbons (Fsp3) is 0.333. The molecular weight excluding hydrogens is 319 g/mol. The van der Waals surface area contributed by atoms with Gasteiger partial charge in [-0.3, -0.25) is 0 Å². The van der Waals surface area contributed by atoms with Gasteiger partial charge in [0, 0.05) is 0 Å². The standard InChI is InChI=1S/C3H5O.Rf/c1-2-3-4;/h3H,1-2H2;/q-1;. The molecule has 0 heterocycles. The summed E-state index contributed by atoms with van der Waals surface area (Å²) >= 11 is 0. The zero-order chi connectivity index (χ0) is 3.41. The van der Waals surface area contributed by atoms with Gasteiger partial charge in [0.15, 0.2) is 0 Å². The van der Waals surface area contributed by atoms with Gasteiger partial charge in [0.2, 0.25) is 0 Å². The Labute approximate surface area is 25.6 Å². The summed E-state index contributed by atoms with van der Waals surface area (Å²) in [4.78, 5) is 9.11. The molecule has 0 fully saturated rings. The molecule has 0 aliphatic rings. The average molecular weight is 324 g/mol. The molecule has 5 heavy (non-hydrogen) atoms. The smallest absolute Gasteiger partial charge is 0.0898 e. The second kappa shape index (κ2) is 16.6. The third-order valence-corrected chi connectivity index (χ3v) is 0.118. The van der Waals surface area contributed by atoms with Crippen molar-refractivity contribution in [3.8, 4) is 0 Å². The van der Waals surface area contributed by atoms with Crippen LogP contribution in [0.1, 0.15) is 6.42 Å². The Bertz CT molecular complexity index is 20.9. The molecule has 0 saturated heterocycles. The fourth-order valence-corrected chi connectivity index (χ4v) is 0. The number of hydrogen-bond acceptors (Lipinski definition) is 1. The fourth-order valence-electron chi connectivity index (χ4n) is 0. The van der Waals surface area contributed by atoms with Crippen LogP contribution in [0, 0.1) is 6.92 Å². The number of carbonyl (C=O) groups excluding carboxylic acids is 1. The number of carbonyl (C=O) groups is 1. The van der Waals surface area contributed by atoms with Gasteiger partial charge in [-0.25, -0.2) is 0 Å². The van der Waals surface area contributed by atoms with Gasteiger partial charge in [-0.05, 0) is 0 Å². The normalized spacial score (nSPS) is 5.00. The van der Waals surface area contributed by atoms with Gasteiger partial charge in [-0.15, -0.1) is 6.42 Å². The monoisotopic (exact) mass is 324 g/mol. The van der Waals surface area contributed by atoms with Crippen LogP contribution in [-0.4, -0.2) is 6.29 Å². The summed E-state index contributed by atoms with van der Waals surface area (Å²) in [6, 6.07) is 0. The molecule has 0 bridgehead atoms. The van der Waals surface area contributed by atoms with Crippen molar-refractivity contribution in [2.75, 3.05) is 0 Å². The van der Waals surface area contributed by atoms with Gasteiger partial charge in [-0.2, -0.15) is 0 Å². The van der Waals surface area contributed by atoms with Gasteiger partial charge in [-0.1, -0.05) is 0 Å². The summed E-state index contributed by atoms with van der Waals surface area (Å²) in [5.41, 5.74) is 0. The summed E-state index contributed by atoms with van der Waals surface area (Å²) in [7, 11) is 0. The molecule has 1 nitrogen and oxygen atoms in total. The van der Waals surface area contributed by atoms with Crippen molar-refractivity contribution >= 4 is 6.29 Å². The predicted molar refractivity (Wildman–Crippen MR) is 16.0 cm³/mol. The van der Waals surface area contributed by atoms with E-state index in [1.807, 2.05) is 0 Å². The van der Waals surface area contributed by atoms with Crippen LogP contribution in [0.4, 0.5) is 0 Å². The quantitative estimate of drug-likeness (QED) is 0.504. The molecule has 0 amide bonds. The van der Waals surface area contributed by atoms with Crippen LogP contribution >= 0.6 is 0 Å². The minimum absolute atomic E-state index is 0. The van der Waals surface area contributed by atoms with Crippen molar-refractivity contribution < 1.29 is 4.79 Å². The van der Waals surface area contributed by atoms with Crippen molar-refractivity contribution in [3.05, 3.63) is 6.92 Å². The Morgan fingerprint density at radius 2 is 2.00 bits per heavy atom. The topological polar surface area (TPSA) is 17.1 Å². The molecule has 0 atom stereocenters. The Morgan fingerprint density at radius 1 is 1.80 bits per heavy atom. The summed E-state index contributed by atoms with van der Waals surface area (Å²) in [5, 5.41) is 0. The van der Waals surface area contributed by atoms with E-state index in [9.17, 15) is 0 Å². The largest absolute Gasteiger partial charge is 0.337 e. The molecule has 0 spiro atoms. The molecule has 0 unspecified atom stereocenters. The Morgan fingerprint density at radius 3 is 2.00 bits per heavy atom. The summed E-state index contributed by atoms with van der Waals surface area (Å²) in [5.74, 6) is 0. The number of aldehydes is 1. The van der Waals surface area contributed by atoms with E-state index < -0.39 is 0 Å². The van der Waals surface area contributed by atoms with Crippen LogP contribution in [-0.2, 0) is 4.79 Å². The van der Waals surface area contributed by atoms with E-state index in [1.165, 1.54) is 0 Å². The molecule has 0 aromatic rings. The average Bonchev–Trinajstić information content (AvgIpc) is 1.37. The maximum Gasteiger partial charge on any atom is 0.0898 e. The van der Waals surface area contributed by atoms with Crippen LogP contribution in [0.25, 0.3) is 0 Å². The first kappa shape index (κ1) is 9.38. The van der Waals surface area contributed by atoms with Gasteiger partial charge < -0.3 is 11.7 Å². The number of hydrogen-bond donors (Lipinski definition) is 0. The molecule has 26 valence electrons. The van der Waals surface area contributed by atoms with E-state index in [-0.39, 0.29) is 0 Å². The van der Waals surface area contributed by atoms with Gasteiger partial charge in [0.05, 0.1) is 6.29 Å². The summed E-state index contributed by atoms with van der Waals surface area (Å²) < 4.78 is 0. The molecule has 0 rings (SSSR count). The van der Waals surface area contributed by atoms with Crippen molar-refractivity contribution in [2.24, 2.45) is 0 Å². The molecule has 0 aromatic carbocycles. The van der Waals surface area contributed by atoms with Crippen LogP contribution in [0.3, 0.4) is 0 Å². The molecule has 0 aliphatic carbocycles. The van der Waals surface area contributed by atoms with E-state index in [0.717, 1.165) is 6.29 Å². The third kappa shape index (κ3) is 11.0. The van der Waals surface area contributed by atoms with E-state index >= 15 is 0 Å². The molecule has 2 heteroatoms. The van der Waals surface area contributed by atoms with Crippen LogP contribution in [0.5, 0.6) is 0 Å². The van der Waals surface area contributed by atoms with Crippen molar-refractivity contribution in [2.45, 2.75) is 6.42 Å². The third-order valence-electron chi connectivity index (χ3n) is 0.118. The van der Waals surface area contributed by atoms with Gasteiger partial charge >= 0.3 is 0 Å². The minimum atomic E-state index is 0. The molecule has 0 saturated carbocycles. The van der Waals surface area contributed by atoms with Crippen molar-refractivity contribution in [1.29, 1.82) is 0 Å². The van der Waals surface area contributed by atoms with E-state index in [4.69, 9.17) is 4.79 Å². The Balaban J connectivity index is 0. The van der Waals surface area contributed by atoms with E-state index in [1.54, 1.807) is 0 Å². The zero-order valence-electron chi connectivity index (χ0n) is 3.11. The van der Waals surface area contributed by atoms with Crippen LogP contribution in [0.15, 0.2) is 0 Å². The van der Waals surface area contributed by atoms with Crippen molar-refractivity contribution in [3.63, 3.8) is 0 Å². The van der Waals surface area contributed by atoms with Crippen LogP contribution < -0.4 is 0 Å². The summed E-state index contributed by atoms with van der Waals surface area (Å²) in [6.45, 7) is 3.24. The number of rotatable bonds is 1. The van der Waals surface area contributed by atoms with E-state index in [0.29, 0.717) is 6.42 Å². The second-order valence-electron chi connectivity index (χ2n) is 0.455. The SMILES string of the molecule is [CH2-]CC=O.[Rf]. The Hall–Kier alpha value is -1.33. The predicted octanol–water partition coefficient (Wildman–Crippen LogP) is 0.409. The first-order valence-corrected chi connectivity index (χ1v) is 1.14. The van der Waals surface area contributed by atoms with Gasteiger partial charge in [0.25, 0.3) is 0 Å². The maximum absolute atomic E-state index is 9.11. The maximum atomic E-state index is 9.11. The molecule has 0 N–H and O–H groups in total. The molecule has 0 aliphatic heterocycles.